The van der Waals surface area contributed by atoms with Gasteiger partial charge in [0.1, 0.15) is 6.07 Å². The number of sulfone groups is 1. The quantitative estimate of drug-likeness (QED) is 0.396. The van der Waals surface area contributed by atoms with Gasteiger partial charge < -0.3 is 5.73 Å². The topological polar surface area (TPSA) is 102 Å². The van der Waals surface area contributed by atoms with Gasteiger partial charge >= 0.3 is 0 Å². The summed E-state index contributed by atoms with van der Waals surface area (Å²) in [6.45, 7) is 0.763. The number of nitriles is 1. The number of nitrogens with two attached hydrogens (primary N) is 1. The highest BCUT2D eigenvalue weighted by molar-refractivity contribution is 7.91. The fourth-order valence-corrected chi connectivity index (χ4v) is 4.71. The maximum Gasteiger partial charge on any atom is 0.178 e. The number of aryl methyl sites for hydroxylation is 3. The summed E-state index contributed by atoms with van der Waals surface area (Å²) >= 11 is 0. The molecule has 0 aliphatic carbocycles. The first kappa shape index (κ1) is 21.6. The van der Waals surface area contributed by atoms with Crippen LogP contribution in [0.2, 0.25) is 0 Å². The highest BCUT2D eigenvalue weighted by Crippen LogP contribution is 2.19. The van der Waals surface area contributed by atoms with Crippen molar-refractivity contribution < 1.29 is 8.42 Å². The number of nitrogen functional groups attached to an aromatic ring is 1. The highest BCUT2D eigenvalue weighted by atomic mass is 32.2. The Bertz CT molecular complexity index is 1120. The summed E-state index contributed by atoms with van der Waals surface area (Å²) in [6, 6.07) is 18.3. The van der Waals surface area contributed by atoms with Gasteiger partial charge in [-0.05, 0) is 67.5 Å². The van der Waals surface area contributed by atoms with Gasteiger partial charge in [-0.3, -0.25) is 4.68 Å². The van der Waals surface area contributed by atoms with E-state index in [1.165, 1.54) is 0 Å². The van der Waals surface area contributed by atoms with Crippen LogP contribution in [0.15, 0.2) is 65.7 Å². The first-order valence-corrected chi connectivity index (χ1v) is 11.7. The molecule has 30 heavy (non-hydrogen) atoms. The summed E-state index contributed by atoms with van der Waals surface area (Å²) in [4.78, 5) is 0.377. The molecule has 0 radical (unpaired) electrons. The molecular weight excluding hydrogens is 396 g/mol. The lowest BCUT2D eigenvalue weighted by Crippen LogP contribution is -2.08. The van der Waals surface area contributed by atoms with Crippen LogP contribution in [-0.2, 0) is 29.2 Å². The number of nitrogens with zero attached hydrogens (tertiary/aromatic N) is 3. The van der Waals surface area contributed by atoms with Crippen molar-refractivity contribution >= 4 is 15.5 Å². The molecule has 0 amide bonds. The Balaban J connectivity index is 1.49. The molecule has 0 saturated carbocycles. The van der Waals surface area contributed by atoms with Crippen molar-refractivity contribution in [3.8, 4) is 6.07 Å². The van der Waals surface area contributed by atoms with E-state index in [1.807, 2.05) is 30.5 Å². The van der Waals surface area contributed by atoms with Crippen LogP contribution in [0.1, 0.15) is 36.1 Å². The number of anilines is 1. The van der Waals surface area contributed by atoms with Gasteiger partial charge in [-0.15, -0.1) is 0 Å². The van der Waals surface area contributed by atoms with Gasteiger partial charge in [-0.25, -0.2) is 8.42 Å². The first-order chi connectivity index (χ1) is 14.5. The predicted molar refractivity (Wildman–Crippen MR) is 118 cm³/mol. The molecule has 0 aliphatic heterocycles. The molecule has 3 rings (SSSR count). The van der Waals surface area contributed by atoms with Crippen LogP contribution < -0.4 is 5.73 Å². The van der Waals surface area contributed by atoms with Crippen LogP contribution in [0.25, 0.3) is 0 Å². The number of hydrogen-bond donors (Lipinski definition) is 1. The van der Waals surface area contributed by atoms with E-state index >= 15 is 0 Å². The largest absolute Gasteiger partial charge is 0.399 e. The van der Waals surface area contributed by atoms with Crippen LogP contribution in [0, 0.1) is 11.3 Å². The van der Waals surface area contributed by atoms with Crippen molar-refractivity contribution in [3.63, 3.8) is 0 Å². The summed E-state index contributed by atoms with van der Waals surface area (Å²) in [6.07, 6.45) is 5.83. The molecular formula is C23H26N4O2S. The minimum atomic E-state index is -3.25. The van der Waals surface area contributed by atoms with Crippen molar-refractivity contribution in [2.24, 2.45) is 0 Å². The van der Waals surface area contributed by atoms with E-state index in [1.54, 1.807) is 35.0 Å². The van der Waals surface area contributed by atoms with E-state index < -0.39 is 9.84 Å². The average molecular weight is 423 g/mol. The molecule has 0 atom stereocenters. The van der Waals surface area contributed by atoms with E-state index in [0.29, 0.717) is 23.4 Å². The lowest BCUT2D eigenvalue weighted by molar-refractivity contribution is 0.556. The van der Waals surface area contributed by atoms with E-state index in [-0.39, 0.29) is 5.75 Å². The Kier molecular flexibility index (Phi) is 7.26. The summed E-state index contributed by atoms with van der Waals surface area (Å²) in [7, 11) is -3.25. The van der Waals surface area contributed by atoms with E-state index in [9.17, 15) is 8.42 Å². The molecule has 1 heterocycles. The van der Waals surface area contributed by atoms with Crippen molar-refractivity contribution in [2.75, 3.05) is 11.5 Å². The van der Waals surface area contributed by atoms with Gasteiger partial charge in [-0.1, -0.05) is 30.3 Å². The number of hydrogen-bond acceptors (Lipinski definition) is 5. The second kappa shape index (κ2) is 10.1. The number of rotatable bonds is 10. The molecule has 0 spiro atoms. The van der Waals surface area contributed by atoms with Gasteiger partial charge in [0.15, 0.2) is 15.5 Å². The van der Waals surface area contributed by atoms with Crippen LogP contribution in [0.4, 0.5) is 5.69 Å². The molecule has 0 unspecified atom stereocenters. The van der Waals surface area contributed by atoms with Crippen LogP contribution in [0.3, 0.4) is 0 Å². The van der Waals surface area contributed by atoms with E-state index in [4.69, 9.17) is 11.0 Å². The lowest BCUT2D eigenvalue weighted by atomic mass is 10.0. The fraction of sp³-hybridized carbons (Fsp3) is 0.304. The van der Waals surface area contributed by atoms with Gasteiger partial charge in [0.25, 0.3) is 0 Å². The predicted octanol–water partition coefficient (Wildman–Crippen LogP) is 3.77. The minimum Gasteiger partial charge on any atom is -0.399 e. The summed E-state index contributed by atoms with van der Waals surface area (Å²) in [5.74, 6) is 0.130. The monoisotopic (exact) mass is 422 g/mol. The third kappa shape index (κ3) is 5.94. The number of aromatic nitrogens is 2. The number of unbranched alkanes of at least 4 members (excludes halogenated alkanes) is 1. The normalized spacial score (nSPS) is 11.3. The van der Waals surface area contributed by atoms with Crippen molar-refractivity contribution in [3.05, 3.63) is 77.6 Å². The van der Waals surface area contributed by atoms with Crippen molar-refractivity contribution in [2.45, 2.75) is 43.5 Å². The third-order valence-corrected chi connectivity index (χ3v) is 6.84. The summed E-state index contributed by atoms with van der Waals surface area (Å²) < 4.78 is 26.6. The molecule has 3 aromatic rings. The average Bonchev–Trinajstić information content (AvgIpc) is 3.22. The second-order valence-electron chi connectivity index (χ2n) is 7.30. The zero-order valence-corrected chi connectivity index (χ0v) is 17.7. The molecule has 6 nitrogen and oxygen atoms in total. The Morgan fingerprint density at radius 3 is 2.53 bits per heavy atom. The minimum absolute atomic E-state index is 0.130. The highest BCUT2D eigenvalue weighted by Gasteiger charge is 2.13. The maximum absolute atomic E-state index is 12.4. The van der Waals surface area contributed by atoms with E-state index in [2.05, 4.69) is 11.2 Å². The zero-order valence-electron chi connectivity index (χ0n) is 16.9. The Hall–Kier alpha value is -3.11. The zero-order chi connectivity index (χ0) is 21.4. The summed E-state index contributed by atoms with van der Waals surface area (Å²) in [5, 5.41) is 13.0. The molecule has 0 saturated heterocycles. The second-order valence-corrected chi connectivity index (χ2v) is 9.41. The molecule has 2 aromatic carbocycles. The molecule has 156 valence electrons. The lowest BCUT2D eigenvalue weighted by Gasteiger charge is -2.10. The van der Waals surface area contributed by atoms with Crippen molar-refractivity contribution in [1.29, 1.82) is 5.26 Å². The SMILES string of the molecule is N#Cc1ccn(CCCCc2cc(CCCS(=O)(=O)c3ccccc3)ccc2N)n1. The van der Waals surface area contributed by atoms with Gasteiger partial charge in [0, 0.05) is 18.4 Å². The standard InChI is InChI=1S/C23H26N4O2S/c24-18-21-13-15-27(26-21)14-5-4-8-20-17-19(11-12-23(20)25)7-6-16-30(28,29)22-9-2-1-3-10-22/h1-3,9-13,15,17H,4-8,14,16,25H2. The molecule has 0 fully saturated rings. The maximum atomic E-state index is 12.4. The Morgan fingerprint density at radius 1 is 1.00 bits per heavy atom. The molecule has 1 aromatic heterocycles. The Morgan fingerprint density at radius 2 is 1.80 bits per heavy atom. The van der Waals surface area contributed by atoms with Crippen LogP contribution >= 0.6 is 0 Å². The fourth-order valence-electron chi connectivity index (χ4n) is 3.38. The first-order valence-electron chi connectivity index (χ1n) is 10.1. The molecule has 7 heteroatoms. The number of benzene rings is 2. The van der Waals surface area contributed by atoms with Gasteiger partial charge in [-0.2, -0.15) is 10.4 Å². The summed E-state index contributed by atoms with van der Waals surface area (Å²) in [5.41, 5.74) is 9.52. The Labute approximate surface area is 177 Å². The molecule has 2 N–H and O–H groups in total. The van der Waals surface area contributed by atoms with Crippen molar-refractivity contribution in [1.82, 2.24) is 9.78 Å². The smallest absolute Gasteiger partial charge is 0.178 e. The molecule has 0 bridgehead atoms. The van der Waals surface area contributed by atoms with Gasteiger partial charge in [0.2, 0.25) is 0 Å². The van der Waals surface area contributed by atoms with E-state index in [0.717, 1.165) is 42.6 Å². The third-order valence-electron chi connectivity index (χ3n) is 5.03. The van der Waals surface area contributed by atoms with Crippen LogP contribution in [-0.4, -0.2) is 24.0 Å². The van der Waals surface area contributed by atoms with Crippen LogP contribution in [0.5, 0.6) is 0 Å². The van der Waals surface area contributed by atoms with Gasteiger partial charge in [0.05, 0.1) is 10.6 Å². The molecule has 0 aliphatic rings.